The Morgan fingerprint density at radius 2 is 2.04 bits per heavy atom. The van der Waals surface area contributed by atoms with Crippen molar-refractivity contribution in [2.24, 2.45) is 5.92 Å². The number of esters is 1. The molecule has 3 aliphatic heterocycles. The molecule has 1 unspecified atom stereocenters. The van der Waals surface area contributed by atoms with Crippen LogP contribution in [0.1, 0.15) is 45.6 Å². The molecule has 0 spiro atoms. The summed E-state index contributed by atoms with van der Waals surface area (Å²) in [5.41, 5.74) is 1.40. The monoisotopic (exact) mass is 726 g/mol. The maximum atomic E-state index is 14.0. The molecule has 7 atom stereocenters. The number of methoxy groups -OCH3 is 2. The van der Waals surface area contributed by atoms with Gasteiger partial charge < -0.3 is 38.6 Å². The third-order valence-electron chi connectivity index (χ3n) is 9.01. The van der Waals surface area contributed by atoms with E-state index in [-0.39, 0.29) is 35.9 Å². The summed E-state index contributed by atoms with van der Waals surface area (Å²) < 4.78 is 34.7. The molecule has 0 aromatic heterocycles. The second kappa shape index (κ2) is 17.5. The Morgan fingerprint density at radius 3 is 2.75 bits per heavy atom. The molecule has 2 saturated heterocycles. The molecular weight excluding hydrogens is 680 g/mol. The molecular formula is C34H47ClN2O9S2. The molecule has 48 heavy (non-hydrogen) atoms. The van der Waals surface area contributed by atoms with E-state index in [0.29, 0.717) is 37.3 Å². The van der Waals surface area contributed by atoms with Crippen LogP contribution in [0.15, 0.2) is 35.9 Å². The summed E-state index contributed by atoms with van der Waals surface area (Å²) in [5, 5.41) is 3.20. The van der Waals surface area contributed by atoms with E-state index in [0.717, 1.165) is 16.9 Å². The van der Waals surface area contributed by atoms with Crippen molar-refractivity contribution in [3.63, 3.8) is 0 Å². The molecule has 3 aliphatic rings. The number of anilines is 1. The van der Waals surface area contributed by atoms with Gasteiger partial charge >= 0.3 is 12.1 Å². The summed E-state index contributed by atoms with van der Waals surface area (Å²) in [6.07, 6.45) is 6.22. The van der Waals surface area contributed by atoms with E-state index in [1.807, 2.05) is 57.4 Å². The molecule has 11 nitrogen and oxygen atoms in total. The van der Waals surface area contributed by atoms with E-state index in [9.17, 15) is 14.4 Å². The maximum Gasteiger partial charge on any atom is 0.407 e. The Bertz CT molecular complexity index is 1380. The quantitative estimate of drug-likeness (QED) is 0.137. The first-order chi connectivity index (χ1) is 22.9. The smallest absolute Gasteiger partial charge is 0.407 e. The SMILES string of the molecule is COc1cc2cc(c1Cl)N(C)C(=O)C[C@H](OC(=O)C(COCCSSC)OC)[C@]1(C)O[C@H]1[C@H](C)[C@@H]1C[C@H](C/C=C/C=C(\C)C2)NC(=O)O1. The van der Waals surface area contributed by atoms with Crippen LogP contribution in [0.3, 0.4) is 0 Å². The highest BCUT2D eigenvalue weighted by Crippen LogP contribution is 2.48. The van der Waals surface area contributed by atoms with Crippen LogP contribution in [0.4, 0.5) is 10.5 Å². The fourth-order valence-electron chi connectivity index (χ4n) is 6.12. The van der Waals surface area contributed by atoms with E-state index in [1.165, 1.54) is 19.1 Å². The minimum atomic E-state index is -1.04. The van der Waals surface area contributed by atoms with Gasteiger partial charge in [0.2, 0.25) is 5.91 Å². The summed E-state index contributed by atoms with van der Waals surface area (Å²) in [5.74, 6) is -0.0745. The molecule has 2 fully saturated rings. The second-order valence-electron chi connectivity index (χ2n) is 12.5. The first-order valence-electron chi connectivity index (χ1n) is 16.0. The van der Waals surface area contributed by atoms with E-state index in [2.05, 4.69) is 5.32 Å². The van der Waals surface area contributed by atoms with Crippen LogP contribution >= 0.6 is 33.2 Å². The zero-order valence-corrected chi connectivity index (χ0v) is 31.0. The van der Waals surface area contributed by atoms with Crippen LogP contribution in [0, 0.1) is 5.92 Å². The van der Waals surface area contributed by atoms with Crippen molar-refractivity contribution < 1.29 is 42.8 Å². The summed E-state index contributed by atoms with van der Waals surface area (Å²) in [6.45, 7) is 6.22. The molecule has 14 heteroatoms. The van der Waals surface area contributed by atoms with E-state index in [1.54, 1.807) is 28.6 Å². The zero-order chi connectivity index (χ0) is 35.0. The minimum absolute atomic E-state index is 0.000829. The van der Waals surface area contributed by atoms with Crippen LogP contribution in [0.2, 0.25) is 5.02 Å². The Balaban J connectivity index is 1.66. The number of nitrogens with one attached hydrogen (secondary N) is 1. The van der Waals surface area contributed by atoms with Crippen molar-refractivity contribution in [2.75, 3.05) is 51.4 Å². The molecule has 0 aliphatic carbocycles. The predicted molar refractivity (Wildman–Crippen MR) is 189 cm³/mol. The van der Waals surface area contributed by atoms with Gasteiger partial charge in [-0.3, -0.25) is 4.79 Å². The Kier molecular flexibility index (Phi) is 14.0. The third-order valence-corrected chi connectivity index (χ3v) is 11.2. The summed E-state index contributed by atoms with van der Waals surface area (Å²) in [7, 11) is 7.85. The molecule has 0 saturated carbocycles. The standard InChI is InChI=1S/C34H47ClN2O9S2/c1-20-10-8-9-11-23-17-25(44-33(40)36-23)21(2)31-34(3,46-31)28(45-32(39)27(42-6)19-43-12-13-48-47-7)18-29(38)37(4)24-15-22(14-20)16-26(41-5)30(24)35/h8-10,15-16,21,23,25,27-28,31H,11-14,17-19H2,1-7H3,(H,36,40)/b9-8+,20-10+/t21-,23+,25+,27?,28+,31+,34+/m1/s1. The van der Waals surface area contributed by atoms with Crippen molar-refractivity contribution in [3.8, 4) is 5.75 Å². The molecule has 4 rings (SSSR count). The Morgan fingerprint density at radius 1 is 1.27 bits per heavy atom. The van der Waals surface area contributed by atoms with Crippen LogP contribution in [0.25, 0.3) is 0 Å². The number of halogens is 1. The van der Waals surface area contributed by atoms with Gasteiger partial charge in [0.1, 0.15) is 28.6 Å². The normalized spacial score (nSPS) is 30.2. The minimum Gasteiger partial charge on any atom is -0.495 e. The van der Waals surface area contributed by atoms with Gasteiger partial charge in [0, 0.05) is 38.3 Å². The summed E-state index contributed by atoms with van der Waals surface area (Å²) >= 11 is 6.74. The van der Waals surface area contributed by atoms with Crippen LogP contribution in [-0.2, 0) is 39.7 Å². The maximum absolute atomic E-state index is 14.0. The number of hydrogen-bond donors (Lipinski definition) is 1. The Labute approximate surface area is 296 Å². The molecule has 266 valence electrons. The highest BCUT2D eigenvalue weighted by molar-refractivity contribution is 8.76. The van der Waals surface area contributed by atoms with Gasteiger partial charge in [0.05, 0.1) is 38.5 Å². The number of fused-ring (bicyclic) bond motifs is 5. The van der Waals surface area contributed by atoms with Gasteiger partial charge in [-0.15, -0.1) is 0 Å². The largest absolute Gasteiger partial charge is 0.495 e. The lowest BCUT2D eigenvalue weighted by Gasteiger charge is -2.33. The number of hydrogen-bond acceptors (Lipinski definition) is 11. The molecule has 2 amide bonds. The van der Waals surface area contributed by atoms with Gasteiger partial charge in [0.15, 0.2) is 6.10 Å². The van der Waals surface area contributed by atoms with Crippen LogP contribution < -0.4 is 15.0 Å². The number of nitrogens with zero attached hydrogens (tertiary/aromatic N) is 1. The molecule has 0 radical (unpaired) electrons. The van der Waals surface area contributed by atoms with Crippen LogP contribution in [-0.4, -0.2) is 101 Å². The fourth-order valence-corrected chi connectivity index (χ4v) is 7.49. The molecule has 1 aromatic rings. The van der Waals surface area contributed by atoms with Crippen molar-refractivity contribution in [1.29, 1.82) is 0 Å². The van der Waals surface area contributed by atoms with Gasteiger partial charge in [0.25, 0.3) is 0 Å². The number of rotatable bonds is 10. The van der Waals surface area contributed by atoms with Gasteiger partial charge in [-0.05, 0) is 50.6 Å². The Hall–Kier alpha value is -2.42. The third kappa shape index (κ3) is 9.63. The van der Waals surface area contributed by atoms with Crippen molar-refractivity contribution in [3.05, 3.63) is 46.5 Å². The summed E-state index contributed by atoms with van der Waals surface area (Å²) in [4.78, 5) is 41.5. The van der Waals surface area contributed by atoms with Gasteiger partial charge in [-0.2, -0.15) is 0 Å². The number of ether oxygens (including phenoxy) is 6. The molecule has 1 aromatic carbocycles. The molecule has 3 heterocycles. The van der Waals surface area contributed by atoms with E-state index >= 15 is 0 Å². The van der Waals surface area contributed by atoms with Crippen molar-refractivity contribution >= 4 is 56.8 Å². The average Bonchev–Trinajstić information content (AvgIpc) is 3.75. The number of carbonyl (C=O) groups is 3. The fraction of sp³-hybridized carbons (Fsp3) is 0.618. The molecule has 1 N–H and O–H groups in total. The topological polar surface area (TPSA) is 125 Å². The number of amides is 2. The lowest BCUT2D eigenvalue weighted by molar-refractivity contribution is -0.168. The average molecular weight is 727 g/mol. The number of alkyl carbamates (subject to hydrolysis) is 1. The second-order valence-corrected chi connectivity index (χ2v) is 15.5. The lowest BCUT2D eigenvalue weighted by Crippen LogP contribution is -2.49. The number of carbonyl (C=O) groups excluding carboxylic acids is 3. The van der Waals surface area contributed by atoms with Gasteiger partial charge in [-0.25, -0.2) is 9.59 Å². The first-order valence-corrected chi connectivity index (χ1v) is 19.1. The van der Waals surface area contributed by atoms with E-state index in [4.69, 9.17) is 40.0 Å². The predicted octanol–water partition coefficient (Wildman–Crippen LogP) is 5.77. The highest BCUT2D eigenvalue weighted by atomic mass is 35.5. The highest BCUT2D eigenvalue weighted by Gasteiger charge is 2.63. The lowest BCUT2D eigenvalue weighted by atomic mass is 9.85. The number of benzene rings is 1. The number of allylic oxidation sites excluding steroid dienone is 3. The zero-order valence-electron chi connectivity index (χ0n) is 28.6. The number of epoxide rings is 1. The van der Waals surface area contributed by atoms with Crippen molar-refractivity contribution in [2.45, 2.75) is 82.5 Å². The molecule has 4 bridgehead atoms. The van der Waals surface area contributed by atoms with Crippen molar-refractivity contribution in [1.82, 2.24) is 5.32 Å². The first kappa shape index (κ1) is 38.4. The van der Waals surface area contributed by atoms with Gasteiger partial charge in [-0.1, -0.05) is 63.9 Å². The summed E-state index contributed by atoms with van der Waals surface area (Å²) in [6, 6.07) is 3.59. The van der Waals surface area contributed by atoms with E-state index < -0.39 is 42.1 Å². The van der Waals surface area contributed by atoms with Crippen LogP contribution in [0.5, 0.6) is 5.75 Å².